The van der Waals surface area contributed by atoms with Gasteiger partial charge in [-0.1, -0.05) is 30.3 Å². The van der Waals surface area contributed by atoms with E-state index in [4.69, 9.17) is 10.5 Å². The van der Waals surface area contributed by atoms with Crippen LogP contribution < -0.4 is 5.56 Å². The molecule has 0 radical (unpaired) electrons. The maximum atomic E-state index is 11.9. The third-order valence-electron chi connectivity index (χ3n) is 3.09. The highest BCUT2D eigenvalue weighted by molar-refractivity contribution is 5.37. The first-order valence-electron chi connectivity index (χ1n) is 5.80. The van der Waals surface area contributed by atoms with Crippen molar-refractivity contribution in [2.24, 2.45) is 5.92 Å². The Labute approximate surface area is 110 Å². The van der Waals surface area contributed by atoms with E-state index in [0.717, 1.165) is 5.56 Å². The van der Waals surface area contributed by atoms with Crippen molar-refractivity contribution < 1.29 is 0 Å². The maximum absolute atomic E-state index is 11.9. The van der Waals surface area contributed by atoms with Gasteiger partial charge in [0.2, 0.25) is 0 Å². The van der Waals surface area contributed by atoms with Gasteiger partial charge in [0.15, 0.2) is 0 Å². The molecule has 0 bridgehead atoms. The molecular weight excluding hydrogens is 240 g/mol. The van der Waals surface area contributed by atoms with Crippen LogP contribution in [0.1, 0.15) is 22.7 Å². The van der Waals surface area contributed by atoms with Gasteiger partial charge in [0.1, 0.15) is 5.92 Å². The number of nitrogens with zero attached hydrogens (tertiary/aromatic N) is 2. The van der Waals surface area contributed by atoms with E-state index in [1.165, 1.54) is 0 Å². The molecule has 5 nitrogen and oxygen atoms in total. The predicted molar refractivity (Wildman–Crippen MR) is 69.2 cm³/mol. The van der Waals surface area contributed by atoms with Crippen LogP contribution in [0, 0.1) is 35.5 Å². The van der Waals surface area contributed by atoms with E-state index in [1.807, 2.05) is 42.5 Å². The second kappa shape index (κ2) is 5.24. The van der Waals surface area contributed by atoms with Crippen molar-refractivity contribution >= 4 is 0 Å². The summed E-state index contributed by atoms with van der Waals surface area (Å²) in [5, 5.41) is 23.5. The topological polar surface area (TPSA) is 96.2 Å². The number of hydrogen-bond donors (Lipinski definition) is 2. The van der Waals surface area contributed by atoms with Gasteiger partial charge in [0, 0.05) is 17.2 Å². The van der Waals surface area contributed by atoms with Crippen LogP contribution in [0.5, 0.6) is 0 Å². The Morgan fingerprint density at radius 1 is 1.11 bits per heavy atom. The van der Waals surface area contributed by atoms with Crippen molar-refractivity contribution in [1.29, 1.82) is 10.5 Å². The molecule has 94 valence electrons. The summed E-state index contributed by atoms with van der Waals surface area (Å²) < 4.78 is 0. The summed E-state index contributed by atoms with van der Waals surface area (Å²) >= 11 is 0. The van der Waals surface area contributed by atoms with Gasteiger partial charge in [-0.05, 0) is 12.5 Å². The molecule has 1 unspecified atom stereocenters. The van der Waals surface area contributed by atoms with E-state index < -0.39 is 11.8 Å². The van der Waals surface area contributed by atoms with Crippen LogP contribution in [-0.4, -0.2) is 10.2 Å². The highest BCUT2D eigenvalue weighted by Crippen LogP contribution is 2.30. The van der Waals surface area contributed by atoms with Gasteiger partial charge in [-0.2, -0.15) is 10.5 Å². The van der Waals surface area contributed by atoms with Crippen molar-refractivity contribution in [3.8, 4) is 12.1 Å². The van der Waals surface area contributed by atoms with Crippen LogP contribution in [0.2, 0.25) is 0 Å². The molecular formula is C14H12N4O. The summed E-state index contributed by atoms with van der Waals surface area (Å²) in [6.07, 6.45) is 0. The Bertz CT molecular complexity index is 686. The highest BCUT2D eigenvalue weighted by atomic mass is 16.1. The molecule has 2 N–H and O–H groups in total. The minimum Gasteiger partial charge on any atom is -0.302 e. The number of aromatic amines is 2. The fourth-order valence-electron chi connectivity index (χ4n) is 2.19. The van der Waals surface area contributed by atoms with Crippen molar-refractivity contribution in [1.82, 2.24) is 10.2 Å². The van der Waals surface area contributed by atoms with Gasteiger partial charge in [-0.3, -0.25) is 9.89 Å². The Kier molecular flexibility index (Phi) is 3.49. The number of benzene rings is 1. The zero-order valence-electron chi connectivity index (χ0n) is 10.3. The molecule has 1 aromatic carbocycles. The number of nitrogens with one attached hydrogen (secondary N) is 2. The molecule has 0 saturated heterocycles. The van der Waals surface area contributed by atoms with Gasteiger partial charge >= 0.3 is 0 Å². The largest absolute Gasteiger partial charge is 0.302 e. The minimum atomic E-state index is -0.905. The number of aryl methyl sites for hydroxylation is 1. The molecule has 1 aromatic heterocycles. The summed E-state index contributed by atoms with van der Waals surface area (Å²) in [6, 6.07) is 13.1. The lowest BCUT2D eigenvalue weighted by molar-refractivity contribution is 0.700. The van der Waals surface area contributed by atoms with Crippen molar-refractivity contribution in [3.05, 3.63) is 57.5 Å². The van der Waals surface area contributed by atoms with E-state index >= 15 is 0 Å². The first-order valence-corrected chi connectivity index (χ1v) is 5.80. The summed E-state index contributed by atoms with van der Waals surface area (Å²) in [5.41, 5.74) is 1.58. The average molecular weight is 252 g/mol. The van der Waals surface area contributed by atoms with Crippen LogP contribution in [-0.2, 0) is 0 Å². The van der Waals surface area contributed by atoms with E-state index in [-0.39, 0.29) is 5.56 Å². The second-order valence-electron chi connectivity index (χ2n) is 4.24. The number of hydrogen-bond acceptors (Lipinski definition) is 3. The van der Waals surface area contributed by atoms with Gasteiger partial charge in [-0.25, -0.2) is 0 Å². The molecule has 0 aliphatic rings. The molecule has 1 atom stereocenters. The molecule has 0 aliphatic heterocycles. The Hall–Kier alpha value is -2.79. The number of H-pyrrole nitrogens is 2. The molecule has 0 aliphatic carbocycles. The maximum Gasteiger partial charge on any atom is 0.268 e. The first-order chi connectivity index (χ1) is 9.19. The lowest BCUT2D eigenvalue weighted by Crippen LogP contribution is -2.19. The first kappa shape index (κ1) is 12.7. The van der Waals surface area contributed by atoms with Crippen molar-refractivity contribution in [2.45, 2.75) is 12.8 Å². The molecule has 0 spiro atoms. The summed E-state index contributed by atoms with van der Waals surface area (Å²) in [4.78, 5) is 11.9. The predicted octanol–water partition coefficient (Wildman–Crippen LogP) is 1.81. The zero-order valence-corrected chi connectivity index (χ0v) is 10.3. The molecule has 5 heteroatoms. The summed E-state index contributed by atoms with van der Waals surface area (Å²) in [6.45, 7) is 1.75. The molecule has 1 heterocycles. The smallest absolute Gasteiger partial charge is 0.268 e. The van der Waals surface area contributed by atoms with E-state index in [1.54, 1.807) is 6.92 Å². The van der Waals surface area contributed by atoms with E-state index in [0.29, 0.717) is 11.3 Å². The molecule has 2 aromatic rings. The lowest BCUT2D eigenvalue weighted by Gasteiger charge is -2.16. The SMILES string of the molecule is Cc1[nH][nH]c(=O)c1C(c1ccccc1)C(C#N)C#N. The highest BCUT2D eigenvalue weighted by Gasteiger charge is 2.29. The van der Waals surface area contributed by atoms with Gasteiger partial charge in [-0.15, -0.1) is 0 Å². The quantitative estimate of drug-likeness (QED) is 0.871. The standard InChI is InChI=1S/C14H12N4O/c1-9-12(14(19)18-17-9)13(11(7-15)8-16)10-5-3-2-4-6-10/h2-6,11,13H,1H3,(H2,17,18,19). The normalized spacial score (nSPS) is 11.8. The van der Waals surface area contributed by atoms with Crippen molar-refractivity contribution in [3.63, 3.8) is 0 Å². The summed E-state index contributed by atoms with van der Waals surface area (Å²) in [5.74, 6) is -1.45. The second-order valence-corrected chi connectivity index (χ2v) is 4.24. The van der Waals surface area contributed by atoms with Crippen LogP contribution in [0.3, 0.4) is 0 Å². The molecule has 19 heavy (non-hydrogen) atoms. The van der Waals surface area contributed by atoms with Gasteiger partial charge in [0.05, 0.1) is 12.1 Å². The number of nitriles is 2. The molecule has 0 fully saturated rings. The Morgan fingerprint density at radius 2 is 1.74 bits per heavy atom. The zero-order chi connectivity index (χ0) is 13.8. The number of aromatic nitrogens is 2. The van der Waals surface area contributed by atoms with Crippen LogP contribution in [0.4, 0.5) is 0 Å². The van der Waals surface area contributed by atoms with Crippen LogP contribution in [0.15, 0.2) is 35.1 Å². The number of rotatable bonds is 3. The molecule has 0 amide bonds. The third-order valence-corrected chi connectivity index (χ3v) is 3.09. The fourth-order valence-corrected chi connectivity index (χ4v) is 2.19. The Morgan fingerprint density at radius 3 is 2.21 bits per heavy atom. The summed E-state index contributed by atoms with van der Waals surface area (Å²) in [7, 11) is 0. The van der Waals surface area contributed by atoms with Gasteiger partial charge in [0.25, 0.3) is 5.56 Å². The third kappa shape index (κ3) is 2.27. The molecule has 2 rings (SSSR count). The Balaban J connectivity index is 2.64. The minimum absolute atomic E-state index is 0.290. The van der Waals surface area contributed by atoms with E-state index in [9.17, 15) is 4.79 Å². The molecule has 0 saturated carbocycles. The lowest BCUT2D eigenvalue weighted by atomic mass is 9.82. The monoisotopic (exact) mass is 252 g/mol. The van der Waals surface area contributed by atoms with Crippen molar-refractivity contribution in [2.75, 3.05) is 0 Å². The van der Waals surface area contributed by atoms with Crippen LogP contribution in [0.25, 0.3) is 0 Å². The average Bonchev–Trinajstić information content (AvgIpc) is 2.77. The van der Waals surface area contributed by atoms with E-state index in [2.05, 4.69) is 10.2 Å². The van der Waals surface area contributed by atoms with Crippen LogP contribution >= 0.6 is 0 Å². The fraction of sp³-hybridized carbons (Fsp3) is 0.214. The van der Waals surface area contributed by atoms with Gasteiger partial charge < -0.3 is 5.10 Å².